The van der Waals surface area contributed by atoms with Crippen LogP contribution < -0.4 is 5.73 Å². The molecule has 0 heterocycles. The highest BCUT2D eigenvalue weighted by molar-refractivity contribution is 5.73. The summed E-state index contributed by atoms with van der Waals surface area (Å²) < 4.78 is 0. The molecule has 3 nitrogen and oxygen atoms in total. The van der Waals surface area contributed by atoms with Crippen molar-refractivity contribution in [3.63, 3.8) is 0 Å². The second-order valence-corrected chi connectivity index (χ2v) is 2.25. The highest BCUT2D eigenvalue weighted by Gasteiger charge is 2.10. The maximum absolute atomic E-state index is 10.2. The van der Waals surface area contributed by atoms with E-state index in [-0.39, 0.29) is 0 Å². The van der Waals surface area contributed by atoms with E-state index in [4.69, 9.17) is 10.8 Å². The summed E-state index contributed by atoms with van der Waals surface area (Å²) in [6.45, 7) is 5.58. The molecule has 0 bridgehead atoms. The Morgan fingerprint density at radius 3 is 2.60 bits per heavy atom. The number of rotatable bonds is 4. The van der Waals surface area contributed by atoms with E-state index in [2.05, 4.69) is 6.58 Å². The van der Waals surface area contributed by atoms with Crippen molar-refractivity contribution in [2.75, 3.05) is 0 Å². The molecule has 58 valence electrons. The van der Waals surface area contributed by atoms with Gasteiger partial charge in [-0.3, -0.25) is 4.79 Å². The third kappa shape index (κ3) is 3.25. The summed E-state index contributed by atoms with van der Waals surface area (Å²) in [4.78, 5) is 10.2. The predicted octanol–water partition coefficient (Wildman–Crippen LogP) is 0.755. The van der Waals surface area contributed by atoms with Crippen LogP contribution in [-0.2, 0) is 4.79 Å². The molecule has 1 unspecified atom stereocenters. The first-order valence-corrected chi connectivity index (χ1v) is 3.23. The fourth-order valence-electron chi connectivity index (χ4n) is 0.543. The molecule has 0 aliphatic carbocycles. The molecule has 0 aliphatic rings. The molecule has 3 heteroatoms. The van der Waals surface area contributed by atoms with Crippen molar-refractivity contribution in [1.29, 1.82) is 0 Å². The van der Waals surface area contributed by atoms with Crippen molar-refractivity contribution >= 4 is 5.97 Å². The van der Waals surface area contributed by atoms with E-state index in [1.54, 1.807) is 0 Å². The second-order valence-electron chi connectivity index (χ2n) is 2.25. The molecule has 1 atom stereocenters. The van der Waals surface area contributed by atoms with Crippen LogP contribution in [-0.4, -0.2) is 17.1 Å². The molecule has 0 aromatic rings. The van der Waals surface area contributed by atoms with Gasteiger partial charge in [-0.25, -0.2) is 0 Å². The quantitative estimate of drug-likeness (QED) is 0.571. The van der Waals surface area contributed by atoms with E-state index in [0.717, 1.165) is 12.0 Å². The van der Waals surface area contributed by atoms with Crippen LogP contribution in [0.4, 0.5) is 0 Å². The van der Waals surface area contributed by atoms with E-state index >= 15 is 0 Å². The lowest BCUT2D eigenvalue weighted by molar-refractivity contribution is -0.138. The van der Waals surface area contributed by atoms with Gasteiger partial charge in [0.25, 0.3) is 0 Å². The average Bonchev–Trinajstić information content (AvgIpc) is 1.87. The first-order chi connectivity index (χ1) is 4.57. The highest BCUT2D eigenvalue weighted by Crippen LogP contribution is 2.04. The van der Waals surface area contributed by atoms with Gasteiger partial charge in [0, 0.05) is 0 Å². The number of hydrogen-bond acceptors (Lipinski definition) is 2. The standard InChI is InChI=1S/C7H13NO2/c1-3-5(2)4-6(8)7(9)10/h6H,2-4,8H2,1H3,(H,9,10). The number of carboxylic acids is 1. The molecule has 0 fully saturated rings. The molecule has 0 amide bonds. The Morgan fingerprint density at radius 1 is 1.80 bits per heavy atom. The Balaban J connectivity index is 3.68. The number of carbonyl (C=O) groups is 1. The monoisotopic (exact) mass is 143 g/mol. The van der Waals surface area contributed by atoms with Gasteiger partial charge in [0.15, 0.2) is 0 Å². The molecule has 0 aromatic carbocycles. The van der Waals surface area contributed by atoms with Crippen LogP contribution >= 0.6 is 0 Å². The van der Waals surface area contributed by atoms with Crippen LogP contribution in [0.15, 0.2) is 12.2 Å². The van der Waals surface area contributed by atoms with Crippen LogP contribution in [0.3, 0.4) is 0 Å². The zero-order valence-corrected chi connectivity index (χ0v) is 6.13. The first kappa shape index (κ1) is 9.17. The summed E-state index contributed by atoms with van der Waals surface area (Å²) in [5, 5.41) is 8.36. The van der Waals surface area contributed by atoms with E-state index in [0.29, 0.717) is 6.42 Å². The zero-order chi connectivity index (χ0) is 8.15. The summed E-state index contributed by atoms with van der Waals surface area (Å²) >= 11 is 0. The fourth-order valence-corrected chi connectivity index (χ4v) is 0.543. The van der Waals surface area contributed by atoms with Gasteiger partial charge in [-0.2, -0.15) is 0 Å². The van der Waals surface area contributed by atoms with Crippen LogP contribution in [0.25, 0.3) is 0 Å². The van der Waals surface area contributed by atoms with Crippen molar-refractivity contribution in [3.05, 3.63) is 12.2 Å². The van der Waals surface area contributed by atoms with Crippen molar-refractivity contribution in [1.82, 2.24) is 0 Å². The second kappa shape index (κ2) is 4.06. The van der Waals surface area contributed by atoms with Gasteiger partial charge >= 0.3 is 5.97 Å². The topological polar surface area (TPSA) is 63.3 Å². The molecular weight excluding hydrogens is 130 g/mol. The third-order valence-electron chi connectivity index (χ3n) is 1.33. The normalized spacial score (nSPS) is 12.6. The molecule has 0 radical (unpaired) electrons. The molecule has 0 saturated carbocycles. The van der Waals surface area contributed by atoms with Crippen LogP contribution in [0.1, 0.15) is 19.8 Å². The number of carboxylic acid groups (broad SMARTS) is 1. The minimum Gasteiger partial charge on any atom is -0.480 e. The maximum Gasteiger partial charge on any atom is 0.320 e. The fraction of sp³-hybridized carbons (Fsp3) is 0.571. The Hall–Kier alpha value is -0.830. The summed E-state index contributed by atoms with van der Waals surface area (Å²) in [5.41, 5.74) is 6.12. The van der Waals surface area contributed by atoms with Gasteiger partial charge < -0.3 is 10.8 Å². The van der Waals surface area contributed by atoms with Gasteiger partial charge in [-0.1, -0.05) is 19.1 Å². The Kier molecular flexibility index (Phi) is 3.72. The summed E-state index contributed by atoms with van der Waals surface area (Å²) in [6, 6.07) is -0.785. The van der Waals surface area contributed by atoms with Crippen molar-refractivity contribution in [2.45, 2.75) is 25.8 Å². The molecule has 3 N–H and O–H groups in total. The number of hydrogen-bond donors (Lipinski definition) is 2. The first-order valence-electron chi connectivity index (χ1n) is 3.23. The van der Waals surface area contributed by atoms with Crippen molar-refractivity contribution in [3.8, 4) is 0 Å². The Bertz CT molecular complexity index is 143. The molecule has 0 spiro atoms. The van der Waals surface area contributed by atoms with E-state index in [1.165, 1.54) is 0 Å². The van der Waals surface area contributed by atoms with Crippen LogP contribution in [0, 0.1) is 0 Å². The zero-order valence-electron chi connectivity index (χ0n) is 6.13. The summed E-state index contributed by atoms with van der Waals surface area (Å²) in [5.74, 6) is -0.963. The Morgan fingerprint density at radius 2 is 2.30 bits per heavy atom. The van der Waals surface area contributed by atoms with Crippen molar-refractivity contribution in [2.24, 2.45) is 5.73 Å². The minimum atomic E-state index is -0.963. The lowest BCUT2D eigenvalue weighted by Crippen LogP contribution is -2.30. The smallest absolute Gasteiger partial charge is 0.320 e. The van der Waals surface area contributed by atoms with Gasteiger partial charge in [0.1, 0.15) is 6.04 Å². The Labute approximate surface area is 60.5 Å². The number of nitrogens with two attached hydrogens (primary N) is 1. The van der Waals surface area contributed by atoms with Gasteiger partial charge in [0.05, 0.1) is 0 Å². The lowest BCUT2D eigenvalue weighted by Gasteiger charge is -2.05. The number of aliphatic carboxylic acids is 1. The maximum atomic E-state index is 10.2. The molecule has 0 aromatic heterocycles. The predicted molar refractivity (Wildman–Crippen MR) is 39.7 cm³/mol. The highest BCUT2D eigenvalue weighted by atomic mass is 16.4. The summed E-state index contributed by atoms with van der Waals surface area (Å²) in [6.07, 6.45) is 1.17. The van der Waals surface area contributed by atoms with Crippen LogP contribution in [0.5, 0.6) is 0 Å². The lowest BCUT2D eigenvalue weighted by atomic mass is 10.1. The largest absolute Gasteiger partial charge is 0.480 e. The van der Waals surface area contributed by atoms with E-state index < -0.39 is 12.0 Å². The molecule has 0 rings (SSSR count). The molecular formula is C7H13NO2. The molecule has 10 heavy (non-hydrogen) atoms. The van der Waals surface area contributed by atoms with Gasteiger partial charge in [-0.15, -0.1) is 0 Å². The molecule has 0 saturated heterocycles. The summed E-state index contributed by atoms with van der Waals surface area (Å²) in [7, 11) is 0. The average molecular weight is 143 g/mol. The third-order valence-corrected chi connectivity index (χ3v) is 1.33. The van der Waals surface area contributed by atoms with E-state index in [9.17, 15) is 4.79 Å². The van der Waals surface area contributed by atoms with Gasteiger partial charge in [0.2, 0.25) is 0 Å². The van der Waals surface area contributed by atoms with Gasteiger partial charge in [-0.05, 0) is 12.8 Å². The van der Waals surface area contributed by atoms with Crippen molar-refractivity contribution < 1.29 is 9.90 Å². The molecule has 0 aliphatic heterocycles. The van der Waals surface area contributed by atoms with Crippen LogP contribution in [0.2, 0.25) is 0 Å². The SMILES string of the molecule is C=C(CC)CC(N)C(=O)O. The van der Waals surface area contributed by atoms with E-state index in [1.807, 2.05) is 6.92 Å². The minimum absolute atomic E-state index is 0.381.